The summed E-state index contributed by atoms with van der Waals surface area (Å²) >= 11 is 0. The van der Waals surface area contributed by atoms with Crippen LogP contribution in [0.2, 0.25) is 0 Å². The zero-order valence-electron chi connectivity index (χ0n) is 11.8. The summed E-state index contributed by atoms with van der Waals surface area (Å²) in [5.74, 6) is -0.169. The van der Waals surface area contributed by atoms with Gasteiger partial charge in [-0.3, -0.25) is 4.79 Å². The number of carbonyl (C=O) groups excluding carboxylic acids is 1. The number of hydrogen-bond acceptors (Lipinski definition) is 4. The highest BCUT2D eigenvalue weighted by atomic mass is 32.2. The monoisotopic (exact) mass is 313 g/mol. The van der Waals surface area contributed by atoms with E-state index in [2.05, 4.69) is 0 Å². The van der Waals surface area contributed by atoms with E-state index in [1.807, 2.05) is 30.3 Å². The van der Waals surface area contributed by atoms with Crippen molar-refractivity contribution in [2.45, 2.75) is 6.10 Å². The summed E-state index contributed by atoms with van der Waals surface area (Å²) in [6.45, 7) is 1.02. The second-order valence-corrected chi connectivity index (χ2v) is 6.34. The minimum atomic E-state index is -3.69. The molecule has 116 valence electrons. The van der Waals surface area contributed by atoms with Gasteiger partial charge in [0.15, 0.2) is 6.10 Å². The Hall–Kier alpha value is -1.48. The van der Waals surface area contributed by atoms with Crippen molar-refractivity contribution in [2.24, 2.45) is 5.14 Å². The van der Waals surface area contributed by atoms with Crippen molar-refractivity contribution in [3.63, 3.8) is 0 Å². The number of benzene rings is 1. The number of methoxy groups -OCH3 is 1. The molecule has 0 saturated carbocycles. The van der Waals surface area contributed by atoms with Gasteiger partial charge >= 0.3 is 0 Å². The molecule has 0 radical (unpaired) electrons. The van der Waals surface area contributed by atoms with Gasteiger partial charge in [-0.1, -0.05) is 30.3 Å². The summed E-state index contributed by atoms with van der Waals surface area (Å²) < 4.78 is 29.0. The Kier molecular flexibility index (Phi) is 4.94. The zero-order valence-corrected chi connectivity index (χ0v) is 12.6. The molecular weight excluding hydrogens is 294 g/mol. The highest BCUT2D eigenvalue weighted by Gasteiger charge is 2.31. The number of piperazine rings is 1. The van der Waals surface area contributed by atoms with E-state index < -0.39 is 16.3 Å². The van der Waals surface area contributed by atoms with Crippen LogP contribution < -0.4 is 5.14 Å². The van der Waals surface area contributed by atoms with Gasteiger partial charge in [-0.05, 0) is 5.56 Å². The topological polar surface area (TPSA) is 92.9 Å². The first-order chi connectivity index (χ1) is 9.93. The van der Waals surface area contributed by atoms with Crippen LogP contribution >= 0.6 is 0 Å². The first kappa shape index (κ1) is 15.9. The van der Waals surface area contributed by atoms with Gasteiger partial charge in [0.2, 0.25) is 0 Å². The van der Waals surface area contributed by atoms with Crippen LogP contribution in [0, 0.1) is 0 Å². The van der Waals surface area contributed by atoms with E-state index in [-0.39, 0.29) is 19.0 Å². The summed E-state index contributed by atoms with van der Waals surface area (Å²) in [5.41, 5.74) is 0.777. The number of carbonyl (C=O) groups is 1. The van der Waals surface area contributed by atoms with Crippen molar-refractivity contribution in [1.82, 2.24) is 9.21 Å². The number of ether oxygens (including phenoxy) is 1. The normalized spacial score (nSPS) is 18.5. The quantitative estimate of drug-likeness (QED) is 0.827. The Morgan fingerprint density at radius 3 is 2.24 bits per heavy atom. The van der Waals surface area contributed by atoms with Gasteiger partial charge < -0.3 is 9.64 Å². The van der Waals surface area contributed by atoms with Gasteiger partial charge in [0.25, 0.3) is 16.1 Å². The highest BCUT2D eigenvalue weighted by molar-refractivity contribution is 7.86. The molecule has 1 aliphatic rings. The third-order valence-electron chi connectivity index (χ3n) is 3.47. The molecule has 1 saturated heterocycles. The van der Waals surface area contributed by atoms with Crippen LogP contribution in [0.1, 0.15) is 11.7 Å². The molecule has 0 aromatic heterocycles. The third-order valence-corrected chi connectivity index (χ3v) is 4.56. The number of nitrogens with two attached hydrogens (primary N) is 1. The maximum absolute atomic E-state index is 12.5. The van der Waals surface area contributed by atoms with E-state index in [0.29, 0.717) is 13.1 Å². The summed E-state index contributed by atoms with van der Waals surface area (Å²) in [6, 6.07) is 9.20. The van der Waals surface area contributed by atoms with Crippen molar-refractivity contribution in [3.05, 3.63) is 35.9 Å². The van der Waals surface area contributed by atoms with Crippen molar-refractivity contribution in [3.8, 4) is 0 Å². The minimum Gasteiger partial charge on any atom is -0.367 e. The number of nitrogens with zero attached hydrogens (tertiary/aromatic N) is 2. The predicted molar refractivity (Wildman–Crippen MR) is 77.5 cm³/mol. The minimum absolute atomic E-state index is 0.169. The summed E-state index contributed by atoms with van der Waals surface area (Å²) in [4.78, 5) is 14.1. The van der Waals surface area contributed by atoms with Crippen LogP contribution in [-0.2, 0) is 19.7 Å². The smallest absolute Gasteiger partial charge is 0.277 e. The van der Waals surface area contributed by atoms with Crippen LogP contribution in [0.25, 0.3) is 0 Å². The lowest BCUT2D eigenvalue weighted by atomic mass is 10.1. The van der Waals surface area contributed by atoms with Crippen molar-refractivity contribution < 1.29 is 17.9 Å². The standard InChI is InChI=1S/C13H19N3O4S/c1-20-12(11-5-3-2-4-6-11)13(17)15-7-9-16(10-8-15)21(14,18)19/h2-6,12H,7-10H2,1H3,(H2,14,18,19)/t12-/m1/s1. The maximum Gasteiger partial charge on any atom is 0.277 e. The number of amides is 1. The van der Waals surface area contributed by atoms with E-state index in [9.17, 15) is 13.2 Å². The summed E-state index contributed by atoms with van der Waals surface area (Å²) in [6.07, 6.45) is -0.674. The SMILES string of the molecule is CO[C@@H](C(=O)N1CCN(S(N)(=O)=O)CC1)c1ccccc1. The lowest BCUT2D eigenvalue weighted by Gasteiger charge is -2.34. The maximum atomic E-state index is 12.5. The molecule has 7 nitrogen and oxygen atoms in total. The van der Waals surface area contributed by atoms with E-state index in [1.54, 1.807) is 4.90 Å². The molecule has 0 spiro atoms. The second kappa shape index (κ2) is 6.52. The van der Waals surface area contributed by atoms with Crippen LogP contribution in [-0.4, -0.2) is 56.8 Å². The molecule has 0 bridgehead atoms. The molecule has 0 unspecified atom stereocenters. The average Bonchev–Trinajstić information content (AvgIpc) is 2.48. The Labute approximate surface area is 124 Å². The van der Waals surface area contributed by atoms with Crippen LogP contribution in [0.5, 0.6) is 0 Å². The molecule has 21 heavy (non-hydrogen) atoms. The fourth-order valence-electron chi connectivity index (χ4n) is 2.34. The molecule has 8 heteroatoms. The van der Waals surface area contributed by atoms with Gasteiger partial charge in [-0.15, -0.1) is 0 Å². The predicted octanol–water partition coefficient (Wildman–Crippen LogP) is -0.278. The van der Waals surface area contributed by atoms with Gasteiger partial charge in [-0.2, -0.15) is 12.7 Å². The Bertz CT molecular complexity index is 583. The first-order valence-electron chi connectivity index (χ1n) is 6.58. The molecule has 2 N–H and O–H groups in total. The van der Waals surface area contributed by atoms with Gasteiger partial charge in [0.05, 0.1) is 0 Å². The van der Waals surface area contributed by atoms with Crippen LogP contribution in [0.15, 0.2) is 30.3 Å². The molecule has 1 fully saturated rings. The molecule has 1 heterocycles. The fraction of sp³-hybridized carbons (Fsp3) is 0.462. The molecule has 1 amide bonds. The molecule has 1 aromatic carbocycles. The zero-order chi connectivity index (χ0) is 15.5. The van der Waals surface area contributed by atoms with Crippen molar-refractivity contribution in [1.29, 1.82) is 0 Å². The molecular formula is C13H19N3O4S. The van der Waals surface area contributed by atoms with Crippen molar-refractivity contribution >= 4 is 16.1 Å². The van der Waals surface area contributed by atoms with E-state index in [0.717, 1.165) is 5.56 Å². The van der Waals surface area contributed by atoms with E-state index in [1.165, 1.54) is 11.4 Å². The van der Waals surface area contributed by atoms with Crippen molar-refractivity contribution in [2.75, 3.05) is 33.3 Å². The molecule has 1 aromatic rings. The Morgan fingerprint density at radius 2 is 1.76 bits per heavy atom. The lowest BCUT2D eigenvalue weighted by Crippen LogP contribution is -2.53. The Morgan fingerprint density at radius 1 is 1.19 bits per heavy atom. The molecule has 1 atom stereocenters. The van der Waals surface area contributed by atoms with E-state index in [4.69, 9.17) is 9.88 Å². The molecule has 0 aliphatic carbocycles. The average molecular weight is 313 g/mol. The number of hydrogen-bond donors (Lipinski definition) is 1. The molecule has 2 rings (SSSR count). The summed E-state index contributed by atoms with van der Waals surface area (Å²) in [7, 11) is -2.21. The van der Waals surface area contributed by atoms with Gasteiger partial charge in [-0.25, -0.2) is 5.14 Å². The molecule has 1 aliphatic heterocycles. The van der Waals surface area contributed by atoms with Crippen LogP contribution in [0.3, 0.4) is 0 Å². The highest BCUT2D eigenvalue weighted by Crippen LogP contribution is 2.20. The van der Waals surface area contributed by atoms with E-state index >= 15 is 0 Å². The lowest BCUT2D eigenvalue weighted by molar-refractivity contribution is -0.143. The Balaban J connectivity index is 2.04. The first-order valence-corrected chi connectivity index (χ1v) is 8.08. The van der Waals surface area contributed by atoms with Gasteiger partial charge in [0.1, 0.15) is 0 Å². The third kappa shape index (κ3) is 3.79. The summed E-state index contributed by atoms with van der Waals surface area (Å²) in [5, 5.41) is 5.08. The second-order valence-electron chi connectivity index (χ2n) is 4.80. The van der Waals surface area contributed by atoms with Crippen LogP contribution in [0.4, 0.5) is 0 Å². The fourth-order valence-corrected chi connectivity index (χ4v) is 3.01. The number of rotatable bonds is 4. The van der Waals surface area contributed by atoms with Gasteiger partial charge in [0, 0.05) is 33.3 Å². The largest absolute Gasteiger partial charge is 0.367 e.